The van der Waals surface area contributed by atoms with Gasteiger partial charge in [-0.3, -0.25) is 9.69 Å². The lowest BCUT2D eigenvalue weighted by Crippen LogP contribution is -2.57. The number of para-hydroxylation sites is 1. The van der Waals surface area contributed by atoms with Crippen LogP contribution in [0.15, 0.2) is 48.5 Å². The van der Waals surface area contributed by atoms with Crippen LogP contribution in [0.25, 0.3) is 0 Å². The summed E-state index contributed by atoms with van der Waals surface area (Å²) in [4.78, 5) is 15.0. The highest BCUT2D eigenvalue weighted by molar-refractivity contribution is 5.93. The van der Waals surface area contributed by atoms with Gasteiger partial charge in [0.15, 0.2) is 0 Å². The Labute approximate surface area is 179 Å². The fourth-order valence-corrected chi connectivity index (χ4v) is 4.68. The van der Waals surface area contributed by atoms with Crippen LogP contribution in [-0.4, -0.2) is 48.8 Å². The monoisotopic (exact) mass is 408 g/mol. The minimum atomic E-state index is -0.200. The number of nitrogens with one attached hydrogen (secondary N) is 1. The Bertz CT molecular complexity index is 842. The van der Waals surface area contributed by atoms with E-state index in [9.17, 15) is 4.79 Å². The maximum Gasteiger partial charge on any atom is 0.238 e. The molecule has 0 bridgehead atoms. The molecule has 2 saturated heterocycles. The number of amides is 1. The summed E-state index contributed by atoms with van der Waals surface area (Å²) < 4.78 is 12.6. The highest BCUT2D eigenvalue weighted by Gasteiger charge is 2.47. The van der Waals surface area contributed by atoms with Crippen LogP contribution in [0.2, 0.25) is 0 Å². The predicted octanol–water partition coefficient (Wildman–Crippen LogP) is 4.08. The quantitative estimate of drug-likeness (QED) is 0.782. The van der Waals surface area contributed by atoms with Gasteiger partial charge in [0.25, 0.3) is 0 Å². The van der Waals surface area contributed by atoms with Crippen LogP contribution in [0, 0.1) is 13.8 Å². The van der Waals surface area contributed by atoms with Crippen LogP contribution < -0.4 is 5.32 Å². The Morgan fingerprint density at radius 2 is 1.90 bits per heavy atom. The Morgan fingerprint density at radius 3 is 2.60 bits per heavy atom. The molecule has 1 spiro atoms. The summed E-state index contributed by atoms with van der Waals surface area (Å²) in [6.45, 7) is 7.36. The number of carbonyl (C=O) groups excluding carboxylic acids is 1. The second kappa shape index (κ2) is 9.29. The highest BCUT2D eigenvalue weighted by atomic mass is 16.6. The third kappa shape index (κ3) is 4.75. The van der Waals surface area contributed by atoms with Gasteiger partial charge in [-0.1, -0.05) is 48.5 Å². The Kier molecular flexibility index (Phi) is 6.52. The lowest BCUT2D eigenvalue weighted by molar-refractivity contribution is -0.159. The molecule has 1 N–H and O–H groups in total. The second-order valence-corrected chi connectivity index (χ2v) is 8.60. The molecule has 0 radical (unpaired) electrons. The van der Waals surface area contributed by atoms with E-state index in [2.05, 4.69) is 22.3 Å². The van der Waals surface area contributed by atoms with Gasteiger partial charge in [0.05, 0.1) is 24.9 Å². The van der Waals surface area contributed by atoms with Crippen molar-refractivity contribution in [1.82, 2.24) is 4.90 Å². The fourth-order valence-electron chi connectivity index (χ4n) is 4.68. The molecule has 160 valence electrons. The molecule has 2 aromatic carbocycles. The Balaban J connectivity index is 1.39. The summed E-state index contributed by atoms with van der Waals surface area (Å²) in [6.07, 6.45) is 3.00. The predicted molar refractivity (Wildman–Crippen MR) is 119 cm³/mol. The van der Waals surface area contributed by atoms with E-state index in [1.165, 1.54) is 0 Å². The van der Waals surface area contributed by atoms with Gasteiger partial charge in [-0.15, -0.1) is 0 Å². The van der Waals surface area contributed by atoms with Crippen molar-refractivity contribution in [3.63, 3.8) is 0 Å². The van der Waals surface area contributed by atoms with Crippen molar-refractivity contribution in [3.05, 3.63) is 65.2 Å². The zero-order valence-corrected chi connectivity index (χ0v) is 18.0. The van der Waals surface area contributed by atoms with Crippen molar-refractivity contribution in [2.45, 2.75) is 51.4 Å². The van der Waals surface area contributed by atoms with Crippen molar-refractivity contribution < 1.29 is 14.3 Å². The molecule has 0 unspecified atom stereocenters. The summed E-state index contributed by atoms with van der Waals surface area (Å²) in [6, 6.07) is 16.3. The molecule has 2 aromatic rings. The summed E-state index contributed by atoms with van der Waals surface area (Å²) in [5, 5.41) is 3.11. The third-order valence-corrected chi connectivity index (χ3v) is 6.40. The topological polar surface area (TPSA) is 50.8 Å². The normalized spacial score (nSPS) is 24.3. The number of likely N-dealkylation sites (tertiary alicyclic amines) is 1. The van der Waals surface area contributed by atoms with Gasteiger partial charge in [-0.05, 0) is 49.8 Å². The first-order valence-electron chi connectivity index (χ1n) is 10.9. The first-order chi connectivity index (χ1) is 14.6. The molecule has 5 nitrogen and oxygen atoms in total. The van der Waals surface area contributed by atoms with E-state index in [1.807, 2.05) is 50.2 Å². The molecular weight excluding hydrogens is 376 g/mol. The van der Waals surface area contributed by atoms with Gasteiger partial charge in [0, 0.05) is 25.4 Å². The SMILES string of the molecule is Cc1cccc(C)c1NC(=O)CN1CC[C@@]2(CCCO2)[C@@H](OCc2ccccc2)C1. The molecule has 0 aromatic heterocycles. The third-order valence-electron chi connectivity index (χ3n) is 6.40. The number of nitrogens with zero attached hydrogens (tertiary/aromatic N) is 1. The zero-order chi connectivity index (χ0) is 21.0. The van der Waals surface area contributed by atoms with Crippen LogP contribution in [0.3, 0.4) is 0 Å². The average Bonchev–Trinajstić information content (AvgIpc) is 3.21. The molecule has 30 heavy (non-hydrogen) atoms. The van der Waals surface area contributed by atoms with Crippen molar-refractivity contribution in [3.8, 4) is 0 Å². The van der Waals surface area contributed by atoms with Crippen molar-refractivity contribution >= 4 is 11.6 Å². The molecule has 2 aliphatic heterocycles. The van der Waals surface area contributed by atoms with Crippen LogP contribution >= 0.6 is 0 Å². The minimum Gasteiger partial charge on any atom is -0.372 e. The first kappa shape index (κ1) is 21.0. The maximum atomic E-state index is 12.8. The molecule has 5 heteroatoms. The number of rotatable bonds is 6. The Morgan fingerprint density at radius 1 is 1.13 bits per heavy atom. The number of hydrogen-bond donors (Lipinski definition) is 1. The first-order valence-corrected chi connectivity index (χ1v) is 10.9. The summed E-state index contributed by atoms with van der Waals surface area (Å²) >= 11 is 0. The van der Waals surface area contributed by atoms with Crippen molar-refractivity contribution in [2.75, 3.05) is 31.6 Å². The number of carbonyl (C=O) groups is 1. The maximum absolute atomic E-state index is 12.8. The molecule has 4 rings (SSSR count). The van der Waals surface area contributed by atoms with Gasteiger partial charge in [0.2, 0.25) is 5.91 Å². The van der Waals surface area contributed by atoms with Crippen LogP contribution in [-0.2, 0) is 20.9 Å². The molecule has 2 fully saturated rings. The largest absolute Gasteiger partial charge is 0.372 e. The molecule has 1 amide bonds. The summed E-state index contributed by atoms with van der Waals surface area (Å²) in [5.74, 6) is 0.0255. The van der Waals surface area contributed by atoms with Crippen LogP contribution in [0.5, 0.6) is 0 Å². The smallest absolute Gasteiger partial charge is 0.238 e. The van der Waals surface area contributed by atoms with E-state index in [0.717, 1.165) is 54.8 Å². The van der Waals surface area contributed by atoms with Crippen molar-refractivity contribution in [1.29, 1.82) is 0 Å². The number of hydrogen-bond acceptors (Lipinski definition) is 4. The number of ether oxygens (including phenoxy) is 2. The van der Waals surface area contributed by atoms with E-state index >= 15 is 0 Å². The summed E-state index contributed by atoms with van der Waals surface area (Å²) in [7, 11) is 0. The standard InChI is InChI=1S/C25H32N2O3/c1-19-8-6-9-20(2)24(19)26-23(28)17-27-14-13-25(12-7-15-30-25)22(16-27)29-18-21-10-4-3-5-11-21/h3-6,8-11,22H,7,12-18H2,1-2H3,(H,26,28)/t22-,25-/m0/s1. The average molecular weight is 409 g/mol. The van der Waals surface area contributed by atoms with Gasteiger partial charge in [-0.2, -0.15) is 0 Å². The summed E-state index contributed by atoms with van der Waals surface area (Å²) in [5.41, 5.74) is 4.06. The molecule has 2 aliphatic rings. The molecule has 0 saturated carbocycles. The van der Waals surface area contributed by atoms with Gasteiger partial charge in [0.1, 0.15) is 0 Å². The number of piperidine rings is 1. The van der Waals surface area contributed by atoms with E-state index in [0.29, 0.717) is 19.7 Å². The van der Waals surface area contributed by atoms with E-state index < -0.39 is 0 Å². The lowest BCUT2D eigenvalue weighted by Gasteiger charge is -2.44. The highest BCUT2D eigenvalue weighted by Crippen LogP contribution is 2.38. The fraction of sp³-hybridized carbons (Fsp3) is 0.480. The number of aryl methyl sites for hydroxylation is 2. The number of anilines is 1. The second-order valence-electron chi connectivity index (χ2n) is 8.60. The minimum absolute atomic E-state index is 0.0255. The van der Waals surface area contributed by atoms with E-state index in [1.54, 1.807) is 0 Å². The molecular formula is C25H32N2O3. The van der Waals surface area contributed by atoms with E-state index in [-0.39, 0.29) is 17.6 Å². The van der Waals surface area contributed by atoms with Gasteiger partial charge in [-0.25, -0.2) is 0 Å². The van der Waals surface area contributed by atoms with Crippen LogP contribution in [0.1, 0.15) is 36.0 Å². The molecule has 0 aliphatic carbocycles. The van der Waals surface area contributed by atoms with Gasteiger partial charge >= 0.3 is 0 Å². The zero-order valence-electron chi connectivity index (χ0n) is 18.0. The van der Waals surface area contributed by atoms with Crippen LogP contribution in [0.4, 0.5) is 5.69 Å². The van der Waals surface area contributed by atoms with Crippen molar-refractivity contribution in [2.24, 2.45) is 0 Å². The molecule has 2 heterocycles. The van der Waals surface area contributed by atoms with E-state index in [4.69, 9.17) is 9.47 Å². The molecule has 2 atom stereocenters. The lowest BCUT2D eigenvalue weighted by atomic mass is 9.85. The van der Waals surface area contributed by atoms with Gasteiger partial charge < -0.3 is 14.8 Å². The Hall–Kier alpha value is -2.21. The number of benzene rings is 2.